The lowest BCUT2D eigenvalue weighted by Crippen LogP contribution is -2.63. The molecule has 0 aliphatic carbocycles. The standard InChI is InChI=1S/C39H66N2O12/c1-11-31(43)51-30-22-32(44)48-24(3)15-13-12-14-16-29(52-33-18-17-28(40(6)7)25(4)49-33)23(2)21-27(19-20-42)37(38(30)47-10)53-39-36(46)34(41(8)9)35(45)26(5)50-39/h12-14,16,20,23-30,33-39,45-46H,11,15,17-19,21-22H2,1-10H3/b13-12+,16-14+. The smallest absolute Gasteiger partial charge is 0.309 e. The largest absolute Gasteiger partial charge is 0.462 e. The number of cyclic esters (lactones) is 1. The van der Waals surface area contributed by atoms with Gasteiger partial charge in [-0.3, -0.25) is 9.59 Å². The molecule has 0 radical (unpaired) electrons. The number of aldehydes is 1. The van der Waals surface area contributed by atoms with Gasteiger partial charge >= 0.3 is 11.9 Å². The van der Waals surface area contributed by atoms with E-state index >= 15 is 0 Å². The zero-order valence-electron chi connectivity index (χ0n) is 33.4. The maximum Gasteiger partial charge on any atom is 0.309 e. The van der Waals surface area contributed by atoms with E-state index in [-0.39, 0.29) is 37.3 Å². The van der Waals surface area contributed by atoms with Gasteiger partial charge in [-0.05, 0) is 80.1 Å². The number of hydrogen-bond acceptors (Lipinski definition) is 14. The molecule has 3 heterocycles. The first-order valence-corrected chi connectivity index (χ1v) is 19.1. The summed E-state index contributed by atoms with van der Waals surface area (Å²) in [5.41, 5.74) is 0. The Morgan fingerprint density at radius 1 is 0.962 bits per heavy atom. The Morgan fingerprint density at radius 2 is 1.68 bits per heavy atom. The molecule has 304 valence electrons. The van der Waals surface area contributed by atoms with Crippen molar-refractivity contribution in [3.05, 3.63) is 24.3 Å². The van der Waals surface area contributed by atoms with Gasteiger partial charge in [-0.25, -0.2) is 0 Å². The molecule has 0 bridgehead atoms. The third-order valence-corrected chi connectivity index (χ3v) is 10.6. The summed E-state index contributed by atoms with van der Waals surface area (Å²) in [6.45, 7) is 9.17. The predicted octanol–water partition coefficient (Wildman–Crippen LogP) is 3.01. The number of allylic oxidation sites excluding steroid dienone is 2. The number of ether oxygens (including phenoxy) is 7. The van der Waals surface area contributed by atoms with E-state index in [0.29, 0.717) is 19.3 Å². The molecule has 53 heavy (non-hydrogen) atoms. The monoisotopic (exact) mass is 754 g/mol. The Hall–Kier alpha value is -2.27. The first-order chi connectivity index (χ1) is 25.1. The number of carbonyl (C=O) groups excluding carboxylic acids is 3. The molecule has 14 heteroatoms. The second kappa shape index (κ2) is 21.7. The number of hydrogen-bond donors (Lipinski definition) is 2. The fraction of sp³-hybridized carbons (Fsp3) is 0.821. The van der Waals surface area contributed by atoms with Crippen LogP contribution >= 0.6 is 0 Å². The zero-order valence-corrected chi connectivity index (χ0v) is 33.4. The van der Waals surface area contributed by atoms with Crippen molar-refractivity contribution < 1.29 is 57.8 Å². The minimum Gasteiger partial charge on any atom is -0.462 e. The molecule has 0 amide bonds. The lowest BCUT2D eigenvalue weighted by Gasteiger charge is -2.47. The molecule has 14 nitrogen and oxygen atoms in total. The van der Waals surface area contributed by atoms with Crippen molar-refractivity contribution in [2.75, 3.05) is 35.3 Å². The van der Waals surface area contributed by atoms with Crippen LogP contribution in [0.2, 0.25) is 0 Å². The van der Waals surface area contributed by atoms with Gasteiger partial charge in [0.25, 0.3) is 0 Å². The van der Waals surface area contributed by atoms with E-state index in [1.807, 2.05) is 52.2 Å². The fourth-order valence-corrected chi connectivity index (χ4v) is 7.69. The number of carbonyl (C=O) groups is 3. The lowest BCUT2D eigenvalue weighted by molar-refractivity contribution is -0.310. The maximum atomic E-state index is 13.3. The molecule has 3 rings (SSSR count). The Morgan fingerprint density at radius 3 is 2.28 bits per heavy atom. The van der Waals surface area contributed by atoms with Crippen LogP contribution in [-0.2, 0) is 47.5 Å². The van der Waals surface area contributed by atoms with E-state index in [2.05, 4.69) is 4.90 Å². The summed E-state index contributed by atoms with van der Waals surface area (Å²) >= 11 is 0. The van der Waals surface area contributed by atoms with E-state index in [9.17, 15) is 24.6 Å². The van der Waals surface area contributed by atoms with Crippen molar-refractivity contribution in [3.63, 3.8) is 0 Å². The highest BCUT2D eigenvalue weighted by molar-refractivity contribution is 5.72. The number of rotatable bonds is 11. The Balaban J connectivity index is 2.09. The number of esters is 2. The van der Waals surface area contributed by atoms with E-state index in [4.69, 9.17) is 33.2 Å². The second-order valence-corrected chi connectivity index (χ2v) is 15.2. The van der Waals surface area contributed by atoms with Crippen molar-refractivity contribution in [2.24, 2.45) is 11.8 Å². The minimum absolute atomic E-state index is 0.000703. The SMILES string of the molecule is CCC(=O)OC1CC(=O)OC(C)C/C=C/C=C/C(OC2CCC(N(C)C)C(C)O2)C(C)CC(CC=O)C(OC2OC(C)C(O)C(N(C)C)C2O)C1OC. The van der Waals surface area contributed by atoms with Crippen LogP contribution in [0.1, 0.15) is 79.6 Å². The summed E-state index contributed by atoms with van der Waals surface area (Å²) in [6, 6.07) is -0.478. The molecule has 0 aromatic heterocycles. The average molecular weight is 755 g/mol. The van der Waals surface area contributed by atoms with Gasteiger partial charge in [0, 0.05) is 32.4 Å². The molecular formula is C39H66N2O12. The normalized spacial score (nSPS) is 40.7. The second-order valence-electron chi connectivity index (χ2n) is 15.2. The third kappa shape index (κ3) is 12.9. The van der Waals surface area contributed by atoms with Crippen LogP contribution in [0.4, 0.5) is 0 Å². The van der Waals surface area contributed by atoms with E-state index < -0.39 is 85.3 Å². The van der Waals surface area contributed by atoms with Gasteiger partial charge in [0.2, 0.25) is 0 Å². The molecule has 15 atom stereocenters. The molecule has 3 aliphatic heterocycles. The predicted molar refractivity (Wildman–Crippen MR) is 197 cm³/mol. The Labute approximate surface area is 316 Å². The molecular weight excluding hydrogens is 688 g/mol. The molecule has 0 aromatic rings. The highest BCUT2D eigenvalue weighted by Gasteiger charge is 2.49. The van der Waals surface area contributed by atoms with Crippen LogP contribution in [0.15, 0.2) is 24.3 Å². The van der Waals surface area contributed by atoms with E-state index in [0.717, 1.165) is 12.7 Å². The first-order valence-electron chi connectivity index (χ1n) is 19.1. The highest BCUT2D eigenvalue weighted by Crippen LogP contribution is 2.35. The van der Waals surface area contributed by atoms with E-state index in [1.54, 1.807) is 39.8 Å². The summed E-state index contributed by atoms with van der Waals surface area (Å²) in [5, 5.41) is 22.4. The number of aliphatic hydroxyl groups is 2. The molecule has 0 aromatic carbocycles. The van der Waals surface area contributed by atoms with Gasteiger partial charge in [-0.15, -0.1) is 0 Å². The van der Waals surface area contributed by atoms with Crippen molar-refractivity contribution in [2.45, 2.75) is 159 Å². The molecule has 3 aliphatic rings. The van der Waals surface area contributed by atoms with Gasteiger partial charge in [0.1, 0.15) is 30.7 Å². The van der Waals surface area contributed by atoms with Gasteiger partial charge in [0.05, 0.1) is 43.0 Å². The summed E-state index contributed by atoms with van der Waals surface area (Å²) in [5.74, 6) is -1.98. The quantitative estimate of drug-likeness (QED) is 0.234. The number of methoxy groups -OCH3 is 1. The van der Waals surface area contributed by atoms with E-state index in [1.165, 1.54) is 7.11 Å². The number of aliphatic hydroxyl groups excluding tert-OH is 2. The summed E-state index contributed by atoms with van der Waals surface area (Å²) < 4.78 is 43.3. The van der Waals surface area contributed by atoms with Crippen LogP contribution in [-0.4, -0.2) is 153 Å². The van der Waals surface area contributed by atoms with Crippen LogP contribution in [0.25, 0.3) is 0 Å². The van der Waals surface area contributed by atoms with Gasteiger partial charge < -0.3 is 58.0 Å². The molecule has 2 N–H and O–H groups in total. The van der Waals surface area contributed by atoms with Crippen LogP contribution in [0.5, 0.6) is 0 Å². The number of nitrogens with zero attached hydrogens (tertiary/aromatic N) is 2. The Kier molecular flexibility index (Phi) is 18.5. The molecule has 0 spiro atoms. The summed E-state index contributed by atoms with van der Waals surface area (Å²) in [4.78, 5) is 42.4. The molecule has 2 fully saturated rings. The van der Waals surface area contributed by atoms with Crippen molar-refractivity contribution in [3.8, 4) is 0 Å². The van der Waals surface area contributed by atoms with Crippen molar-refractivity contribution in [1.82, 2.24) is 9.80 Å². The van der Waals surface area contributed by atoms with Crippen LogP contribution < -0.4 is 0 Å². The fourth-order valence-electron chi connectivity index (χ4n) is 7.69. The lowest BCUT2D eigenvalue weighted by atomic mass is 9.82. The van der Waals surface area contributed by atoms with Gasteiger partial charge in [0.15, 0.2) is 12.6 Å². The third-order valence-electron chi connectivity index (χ3n) is 10.6. The summed E-state index contributed by atoms with van der Waals surface area (Å²) in [6.07, 6.45) is 1.47. The maximum absolute atomic E-state index is 13.3. The molecule has 15 unspecified atom stereocenters. The van der Waals surface area contributed by atoms with Crippen molar-refractivity contribution >= 4 is 18.2 Å². The van der Waals surface area contributed by atoms with Crippen LogP contribution in [0.3, 0.4) is 0 Å². The molecule has 0 saturated carbocycles. The first kappa shape index (κ1) is 45.1. The van der Waals surface area contributed by atoms with Crippen LogP contribution in [0, 0.1) is 11.8 Å². The topological polar surface area (TPSA) is 163 Å². The summed E-state index contributed by atoms with van der Waals surface area (Å²) in [7, 11) is 8.97. The average Bonchev–Trinajstić information content (AvgIpc) is 3.08. The van der Waals surface area contributed by atoms with Crippen molar-refractivity contribution in [1.29, 1.82) is 0 Å². The minimum atomic E-state index is -1.31. The zero-order chi connectivity index (χ0) is 39.4. The Bertz CT molecular complexity index is 1200. The number of likely N-dealkylation sites (N-methyl/N-ethyl adjacent to an activating group) is 2. The highest BCUT2D eigenvalue weighted by atomic mass is 16.7. The van der Waals surface area contributed by atoms with Gasteiger partial charge in [-0.2, -0.15) is 0 Å². The van der Waals surface area contributed by atoms with Gasteiger partial charge in [-0.1, -0.05) is 38.2 Å². The molecule has 2 saturated heterocycles.